The maximum absolute atomic E-state index is 13.5. The summed E-state index contributed by atoms with van der Waals surface area (Å²) in [6, 6.07) is 24.0. The van der Waals surface area contributed by atoms with Gasteiger partial charge in [-0.2, -0.15) is 0 Å². The molecule has 0 bridgehead atoms. The molecule has 0 saturated heterocycles. The van der Waals surface area contributed by atoms with Crippen molar-refractivity contribution in [1.82, 2.24) is 15.1 Å². The number of aromatic nitrogens is 2. The van der Waals surface area contributed by atoms with Gasteiger partial charge in [0.1, 0.15) is 11.6 Å². The zero-order valence-electron chi connectivity index (χ0n) is 16.8. The third kappa shape index (κ3) is 4.39. The lowest BCUT2D eigenvalue weighted by Gasteiger charge is -2.28. The van der Waals surface area contributed by atoms with E-state index in [1.165, 1.54) is 12.1 Å². The Hall–Kier alpha value is -3.51. The fourth-order valence-corrected chi connectivity index (χ4v) is 3.45. The van der Waals surface area contributed by atoms with E-state index < -0.39 is 0 Å². The summed E-state index contributed by atoms with van der Waals surface area (Å²) in [6.07, 6.45) is 0. The van der Waals surface area contributed by atoms with Crippen molar-refractivity contribution >= 4 is 0 Å². The molecule has 0 aliphatic rings. The zero-order chi connectivity index (χ0) is 20.9. The van der Waals surface area contributed by atoms with E-state index in [2.05, 4.69) is 27.2 Å². The first-order chi connectivity index (χ1) is 14.6. The topological polar surface area (TPSA) is 51.4 Å². The molecule has 0 radical (unpaired) electrons. The lowest BCUT2D eigenvalue weighted by atomic mass is 9.97. The minimum Gasteiger partial charge on any atom is -0.497 e. The van der Waals surface area contributed by atoms with E-state index in [0.29, 0.717) is 18.3 Å². The summed E-state index contributed by atoms with van der Waals surface area (Å²) in [4.78, 5) is 2.11. The highest BCUT2D eigenvalue weighted by Gasteiger charge is 2.21. The number of nitrogens with zero attached hydrogens (tertiary/aromatic N) is 3. The fraction of sp³-hybridized carbons (Fsp3) is 0.167. The van der Waals surface area contributed by atoms with Crippen molar-refractivity contribution < 1.29 is 13.5 Å². The largest absolute Gasteiger partial charge is 0.497 e. The van der Waals surface area contributed by atoms with Crippen molar-refractivity contribution in [3.05, 3.63) is 102 Å². The molecule has 6 heteroatoms. The lowest BCUT2D eigenvalue weighted by molar-refractivity contribution is 0.243. The number of hydrogen-bond donors (Lipinski definition) is 0. The number of methoxy groups -OCH3 is 1. The number of ether oxygens (including phenoxy) is 1. The van der Waals surface area contributed by atoms with Gasteiger partial charge in [-0.3, -0.25) is 4.90 Å². The second-order valence-corrected chi connectivity index (χ2v) is 7.01. The first-order valence-electron chi connectivity index (χ1n) is 9.61. The van der Waals surface area contributed by atoms with Crippen LogP contribution in [0, 0.1) is 5.82 Å². The van der Waals surface area contributed by atoms with E-state index in [1.54, 1.807) is 19.2 Å². The standard InChI is InChI=1S/C24H22FN3O2/c1-28(16-22-26-27-24(30-22)19-10-14-21(29-2)15-11-19)23(17-6-4-3-5-7-17)18-8-12-20(25)13-9-18/h3-15,23H,16H2,1-2H3/t23-/m0/s1. The molecular formula is C24H22FN3O2. The van der Waals surface area contributed by atoms with Crippen LogP contribution in [0.4, 0.5) is 4.39 Å². The van der Waals surface area contributed by atoms with Crippen LogP contribution in [0.5, 0.6) is 5.75 Å². The zero-order valence-corrected chi connectivity index (χ0v) is 16.8. The molecule has 0 aliphatic carbocycles. The first-order valence-corrected chi connectivity index (χ1v) is 9.61. The third-order valence-corrected chi connectivity index (χ3v) is 4.93. The average Bonchev–Trinajstić information content (AvgIpc) is 3.24. The van der Waals surface area contributed by atoms with Crippen molar-refractivity contribution in [2.24, 2.45) is 0 Å². The fourth-order valence-electron chi connectivity index (χ4n) is 3.45. The summed E-state index contributed by atoms with van der Waals surface area (Å²) in [6.45, 7) is 0.445. The van der Waals surface area contributed by atoms with E-state index in [1.807, 2.05) is 49.5 Å². The van der Waals surface area contributed by atoms with Crippen LogP contribution in [-0.4, -0.2) is 29.3 Å². The molecule has 0 spiro atoms. The van der Waals surface area contributed by atoms with Crippen molar-refractivity contribution in [1.29, 1.82) is 0 Å². The Morgan fingerprint density at radius 1 is 0.900 bits per heavy atom. The predicted octanol–water partition coefficient (Wildman–Crippen LogP) is 5.11. The van der Waals surface area contributed by atoms with E-state index >= 15 is 0 Å². The SMILES string of the molecule is COc1ccc(-c2nnc(CN(C)[C@@H](c3ccccc3)c3ccc(F)cc3)o2)cc1. The molecule has 152 valence electrons. The van der Waals surface area contributed by atoms with Crippen molar-refractivity contribution in [3.8, 4) is 17.2 Å². The Morgan fingerprint density at radius 3 is 2.23 bits per heavy atom. The summed E-state index contributed by atoms with van der Waals surface area (Å²) in [5.41, 5.74) is 2.91. The molecule has 4 aromatic rings. The molecule has 1 atom stereocenters. The number of rotatable bonds is 7. The number of halogens is 1. The van der Waals surface area contributed by atoms with Crippen molar-refractivity contribution in [2.45, 2.75) is 12.6 Å². The quantitative estimate of drug-likeness (QED) is 0.429. The molecule has 0 saturated carbocycles. The molecule has 1 aromatic heterocycles. The normalized spacial score (nSPS) is 12.1. The molecule has 0 N–H and O–H groups in total. The van der Waals surface area contributed by atoms with Crippen LogP contribution >= 0.6 is 0 Å². The van der Waals surface area contributed by atoms with Gasteiger partial charge in [0.25, 0.3) is 0 Å². The minimum absolute atomic E-state index is 0.0804. The van der Waals surface area contributed by atoms with Gasteiger partial charge in [0.15, 0.2) is 0 Å². The van der Waals surface area contributed by atoms with Crippen LogP contribution in [0.15, 0.2) is 83.3 Å². The van der Waals surface area contributed by atoms with Crippen LogP contribution < -0.4 is 4.74 Å². The molecule has 3 aromatic carbocycles. The molecule has 0 unspecified atom stereocenters. The van der Waals surface area contributed by atoms with Crippen LogP contribution in [0.25, 0.3) is 11.5 Å². The Balaban J connectivity index is 1.57. The van der Waals surface area contributed by atoms with Crippen LogP contribution in [0.3, 0.4) is 0 Å². The Kier molecular flexibility index (Phi) is 5.86. The van der Waals surface area contributed by atoms with Gasteiger partial charge >= 0.3 is 0 Å². The minimum atomic E-state index is -0.255. The highest BCUT2D eigenvalue weighted by Crippen LogP contribution is 2.29. The van der Waals surface area contributed by atoms with Crippen LogP contribution in [0.2, 0.25) is 0 Å². The van der Waals surface area contributed by atoms with Gasteiger partial charge in [0.2, 0.25) is 11.8 Å². The Labute approximate surface area is 174 Å². The highest BCUT2D eigenvalue weighted by molar-refractivity contribution is 5.53. The maximum atomic E-state index is 13.5. The van der Waals surface area contributed by atoms with E-state index in [9.17, 15) is 4.39 Å². The monoisotopic (exact) mass is 403 g/mol. The van der Waals surface area contributed by atoms with Crippen molar-refractivity contribution in [2.75, 3.05) is 14.2 Å². The van der Waals surface area contributed by atoms with Gasteiger partial charge in [-0.05, 0) is 54.6 Å². The smallest absolute Gasteiger partial charge is 0.247 e. The number of hydrogen-bond acceptors (Lipinski definition) is 5. The second kappa shape index (κ2) is 8.88. The van der Waals surface area contributed by atoms with Gasteiger partial charge in [-0.1, -0.05) is 42.5 Å². The van der Waals surface area contributed by atoms with E-state index in [-0.39, 0.29) is 11.9 Å². The predicted molar refractivity (Wildman–Crippen MR) is 112 cm³/mol. The van der Waals surface area contributed by atoms with Gasteiger partial charge < -0.3 is 9.15 Å². The van der Waals surface area contributed by atoms with Crippen molar-refractivity contribution in [3.63, 3.8) is 0 Å². The molecule has 5 nitrogen and oxygen atoms in total. The Morgan fingerprint density at radius 2 is 1.57 bits per heavy atom. The van der Waals surface area contributed by atoms with E-state index in [4.69, 9.17) is 9.15 Å². The summed E-state index contributed by atoms with van der Waals surface area (Å²) < 4.78 is 24.5. The molecule has 1 heterocycles. The third-order valence-electron chi connectivity index (χ3n) is 4.93. The summed E-state index contributed by atoms with van der Waals surface area (Å²) in [7, 11) is 3.61. The summed E-state index contributed by atoms with van der Waals surface area (Å²) in [5, 5.41) is 8.39. The van der Waals surface area contributed by atoms with Gasteiger partial charge in [-0.15, -0.1) is 10.2 Å². The highest BCUT2D eigenvalue weighted by atomic mass is 19.1. The first kappa shape index (κ1) is 19.8. The van der Waals surface area contributed by atoms with Gasteiger partial charge in [-0.25, -0.2) is 4.39 Å². The molecule has 0 fully saturated rings. The lowest BCUT2D eigenvalue weighted by Crippen LogP contribution is -2.25. The molecular weight excluding hydrogens is 381 g/mol. The van der Waals surface area contributed by atoms with Gasteiger partial charge in [0, 0.05) is 5.56 Å². The maximum Gasteiger partial charge on any atom is 0.247 e. The second-order valence-electron chi connectivity index (χ2n) is 7.01. The molecule has 0 amide bonds. The molecule has 30 heavy (non-hydrogen) atoms. The average molecular weight is 403 g/mol. The Bertz CT molecular complexity index is 1080. The molecule has 0 aliphatic heterocycles. The van der Waals surface area contributed by atoms with Gasteiger partial charge in [0.05, 0.1) is 19.7 Å². The summed E-state index contributed by atoms with van der Waals surface area (Å²) >= 11 is 0. The number of benzene rings is 3. The molecule has 4 rings (SSSR count). The van der Waals surface area contributed by atoms with Crippen LogP contribution in [-0.2, 0) is 6.54 Å². The summed E-state index contributed by atoms with van der Waals surface area (Å²) in [5.74, 6) is 1.47. The van der Waals surface area contributed by atoms with Crippen LogP contribution in [0.1, 0.15) is 23.1 Å². The van der Waals surface area contributed by atoms with E-state index in [0.717, 1.165) is 22.4 Å².